The summed E-state index contributed by atoms with van der Waals surface area (Å²) < 4.78 is 6.65. The summed E-state index contributed by atoms with van der Waals surface area (Å²) in [6, 6.07) is 70.3. The first-order valence-corrected chi connectivity index (χ1v) is 18.9. The number of aromatic nitrogens is 3. The zero-order valence-corrected chi connectivity index (χ0v) is 30.3. The van der Waals surface area contributed by atoms with Gasteiger partial charge in [-0.3, -0.25) is 0 Å². The molecule has 1 spiro atoms. The normalized spacial score (nSPS) is 12.9. The molecule has 56 heavy (non-hydrogen) atoms. The molecule has 4 nitrogen and oxygen atoms in total. The van der Waals surface area contributed by atoms with E-state index < -0.39 is 5.41 Å². The van der Waals surface area contributed by atoms with E-state index in [1.54, 1.807) is 0 Å². The number of fused-ring (bicyclic) bond motifs is 9. The first-order chi connectivity index (χ1) is 27.8. The van der Waals surface area contributed by atoms with E-state index in [1.165, 1.54) is 22.3 Å². The Labute approximate surface area is 325 Å². The maximum atomic E-state index is 6.65. The van der Waals surface area contributed by atoms with Crippen molar-refractivity contribution in [1.82, 2.24) is 15.0 Å². The quantitative estimate of drug-likeness (QED) is 0.178. The Hall–Kier alpha value is -7.43. The zero-order chi connectivity index (χ0) is 37.1. The minimum Gasteiger partial charge on any atom is -0.457 e. The van der Waals surface area contributed by atoms with Gasteiger partial charge in [-0.15, -0.1) is 0 Å². The lowest BCUT2D eigenvalue weighted by molar-refractivity contribution is 0.436. The SMILES string of the molecule is c1ccc(-c2ccc(-c3ccc4c(c3)-c3c(-c5nc(-c6ccccc6)nc(-c6ccccc6)n5)cccc3C43c4ccccc4Oc4ccccc43)cc2)cc1. The van der Waals surface area contributed by atoms with Gasteiger partial charge in [0.1, 0.15) is 11.5 Å². The standard InChI is InChI=1S/C52H33N3O/c1-4-15-34(16-5-1)35-27-29-36(30-28-35)39-31-32-42-41(33-39)48-40(51-54-49(37-17-6-2-7-18-37)53-50(55-51)38-19-8-3-9-20-38)21-14-24-45(48)52(42)43-22-10-12-25-46(43)56-47-26-13-11-23-44(47)52/h1-33H. The Bertz CT molecular complexity index is 2820. The van der Waals surface area contributed by atoms with Gasteiger partial charge in [0.05, 0.1) is 5.41 Å². The molecule has 0 unspecified atom stereocenters. The average Bonchev–Trinajstić information content (AvgIpc) is 3.57. The van der Waals surface area contributed by atoms with Crippen molar-refractivity contribution >= 4 is 0 Å². The van der Waals surface area contributed by atoms with Crippen molar-refractivity contribution in [2.45, 2.75) is 5.41 Å². The van der Waals surface area contributed by atoms with Crippen LogP contribution in [0.5, 0.6) is 11.5 Å². The second-order valence-electron chi connectivity index (χ2n) is 14.3. The van der Waals surface area contributed by atoms with Crippen molar-refractivity contribution in [3.05, 3.63) is 222 Å². The molecule has 2 heterocycles. The van der Waals surface area contributed by atoms with E-state index in [1.807, 2.05) is 36.4 Å². The molecule has 0 saturated heterocycles. The molecule has 0 bridgehead atoms. The van der Waals surface area contributed by atoms with Crippen LogP contribution in [-0.2, 0) is 5.41 Å². The van der Waals surface area contributed by atoms with Crippen LogP contribution in [0.1, 0.15) is 22.3 Å². The first kappa shape index (κ1) is 32.0. The van der Waals surface area contributed by atoms with Crippen molar-refractivity contribution in [1.29, 1.82) is 0 Å². The molecule has 11 rings (SSSR count). The van der Waals surface area contributed by atoms with Crippen LogP contribution in [0.15, 0.2) is 200 Å². The van der Waals surface area contributed by atoms with Crippen LogP contribution >= 0.6 is 0 Å². The molecule has 0 atom stereocenters. The molecule has 9 aromatic rings. The van der Waals surface area contributed by atoms with Gasteiger partial charge in [0.15, 0.2) is 17.5 Å². The number of hydrogen-bond acceptors (Lipinski definition) is 4. The number of benzene rings is 8. The van der Waals surface area contributed by atoms with Gasteiger partial charge in [0.2, 0.25) is 0 Å². The van der Waals surface area contributed by atoms with Crippen molar-refractivity contribution < 1.29 is 4.74 Å². The number of rotatable bonds is 5. The van der Waals surface area contributed by atoms with Crippen LogP contribution < -0.4 is 4.74 Å². The van der Waals surface area contributed by atoms with Crippen LogP contribution in [0.3, 0.4) is 0 Å². The van der Waals surface area contributed by atoms with Crippen LogP contribution in [0, 0.1) is 0 Å². The third-order valence-corrected chi connectivity index (χ3v) is 11.2. The van der Waals surface area contributed by atoms with Crippen molar-refractivity contribution in [3.63, 3.8) is 0 Å². The molecule has 0 saturated carbocycles. The summed E-state index contributed by atoms with van der Waals surface area (Å²) in [6.07, 6.45) is 0. The summed E-state index contributed by atoms with van der Waals surface area (Å²) in [5, 5.41) is 0. The van der Waals surface area contributed by atoms with E-state index in [-0.39, 0.29) is 0 Å². The van der Waals surface area contributed by atoms with Crippen molar-refractivity contribution in [2.75, 3.05) is 0 Å². The lowest BCUT2D eigenvalue weighted by Crippen LogP contribution is -2.32. The summed E-state index contributed by atoms with van der Waals surface area (Å²) in [5.41, 5.74) is 13.7. The monoisotopic (exact) mass is 715 g/mol. The number of hydrogen-bond donors (Lipinski definition) is 0. The largest absolute Gasteiger partial charge is 0.457 e. The van der Waals surface area contributed by atoms with E-state index in [4.69, 9.17) is 19.7 Å². The van der Waals surface area contributed by atoms with Gasteiger partial charge in [0.25, 0.3) is 0 Å². The van der Waals surface area contributed by atoms with Crippen LogP contribution in [-0.4, -0.2) is 15.0 Å². The van der Waals surface area contributed by atoms with E-state index in [9.17, 15) is 0 Å². The van der Waals surface area contributed by atoms with Gasteiger partial charge in [-0.1, -0.05) is 182 Å². The topological polar surface area (TPSA) is 47.9 Å². The molecule has 0 N–H and O–H groups in total. The smallest absolute Gasteiger partial charge is 0.164 e. The predicted molar refractivity (Wildman–Crippen MR) is 224 cm³/mol. The van der Waals surface area contributed by atoms with E-state index in [0.717, 1.165) is 61.6 Å². The highest BCUT2D eigenvalue weighted by molar-refractivity contribution is 5.97. The molecule has 4 heteroatoms. The second kappa shape index (κ2) is 12.9. The molecule has 0 amide bonds. The lowest BCUT2D eigenvalue weighted by atomic mass is 9.66. The maximum absolute atomic E-state index is 6.65. The van der Waals surface area contributed by atoms with Crippen molar-refractivity contribution in [2.24, 2.45) is 0 Å². The molecule has 262 valence electrons. The van der Waals surface area contributed by atoms with Gasteiger partial charge in [0, 0.05) is 27.8 Å². The highest BCUT2D eigenvalue weighted by Crippen LogP contribution is 2.63. The van der Waals surface area contributed by atoms with E-state index in [2.05, 4.69) is 164 Å². The molecule has 8 aromatic carbocycles. The number of nitrogens with zero attached hydrogens (tertiary/aromatic N) is 3. The zero-order valence-electron chi connectivity index (χ0n) is 30.3. The van der Waals surface area contributed by atoms with Crippen LogP contribution in [0.25, 0.3) is 67.5 Å². The highest BCUT2D eigenvalue weighted by atomic mass is 16.5. The van der Waals surface area contributed by atoms with E-state index in [0.29, 0.717) is 17.5 Å². The van der Waals surface area contributed by atoms with Crippen molar-refractivity contribution in [3.8, 4) is 79.0 Å². The third-order valence-electron chi connectivity index (χ3n) is 11.2. The summed E-state index contributed by atoms with van der Waals surface area (Å²) in [7, 11) is 0. The van der Waals surface area contributed by atoms with Gasteiger partial charge >= 0.3 is 0 Å². The summed E-state index contributed by atoms with van der Waals surface area (Å²) >= 11 is 0. The maximum Gasteiger partial charge on any atom is 0.164 e. The summed E-state index contributed by atoms with van der Waals surface area (Å²) in [5.74, 6) is 3.61. The van der Waals surface area contributed by atoms with Crippen LogP contribution in [0.4, 0.5) is 0 Å². The molecule has 1 aromatic heterocycles. The first-order valence-electron chi connectivity index (χ1n) is 18.9. The molecular formula is C52H33N3O. The van der Waals surface area contributed by atoms with Gasteiger partial charge in [-0.05, 0) is 62.7 Å². The van der Waals surface area contributed by atoms with Gasteiger partial charge < -0.3 is 4.74 Å². The Morgan fingerprint density at radius 2 is 0.750 bits per heavy atom. The highest BCUT2D eigenvalue weighted by Gasteiger charge is 2.51. The minimum absolute atomic E-state index is 0.629. The molecule has 1 aliphatic heterocycles. The Morgan fingerprint density at radius 3 is 1.34 bits per heavy atom. The van der Waals surface area contributed by atoms with Gasteiger partial charge in [-0.2, -0.15) is 0 Å². The molecule has 1 aliphatic carbocycles. The molecule has 0 radical (unpaired) electrons. The summed E-state index contributed by atoms with van der Waals surface area (Å²) in [4.78, 5) is 15.5. The van der Waals surface area contributed by atoms with Crippen LogP contribution in [0.2, 0.25) is 0 Å². The molecule has 2 aliphatic rings. The summed E-state index contributed by atoms with van der Waals surface area (Å²) in [6.45, 7) is 0. The third kappa shape index (κ3) is 4.96. The fraction of sp³-hybridized carbons (Fsp3) is 0.0192. The Morgan fingerprint density at radius 1 is 0.304 bits per heavy atom. The predicted octanol–water partition coefficient (Wildman–Crippen LogP) is 12.7. The lowest BCUT2D eigenvalue weighted by Gasteiger charge is -2.39. The van der Waals surface area contributed by atoms with E-state index >= 15 is 0 Å². The van der Waals surface area contributed by atoms with Gasteiger partial charge in [-0.25, -0.2) is 15.0 Å². The molecular weight excluding hydrogens is 683 g/mol. The fourth-order valence-electron chi connectivity index (χ4n) is 8.73. The Balaban J connectivity index is 1.19. The minimum atomic E-state index is -0.640. The molecule has 0 fully saturated rings. The second-order valence-corrected chi connectivity index (χ2v) is 14.3. The number of para-hydroxylation sites is 2. The Kier molecular flexibility index (Phi) is 7.36. The fourth-order valence-corrected chi connectivity index (χ4v) is 8.73. The average molecular weight is 716 g/mol. The number of ether oxygens (including phenoxy) is 1.